The zero-order valence-corrected chi connectivity index (χ0v) is 12.6. The molecule has 0 saturated heterocycles. The first-order valence-electron chi connectivity index (χ1n) is 5.50. The highest BCUT2D eigenvalue weighted by Gasteiger charge is 2.17. The highest BCUT2D eigenvalue weighted by atomic mass is 35.5. The van der Waals surface area contributed by atoms with Crippen LogP contribution in [0.4, 0.5) is 0 Å². The van der Waals surface area contributed by atoms with Gasteiger partial charge in [0.25, 0.3) is 10.0 Å². The lowest BCUT2D eigenvalue weighted by molar-refractivity contribution is 0.595. The van der Waals surface area contributed by atoms with Crippen LogP contribution in [0.25, 0.3) is 16.2 Å². The number of nitrogens with two attached hydrogens (primary N) is 1. The Morgan fingerprint density at radius 2 is 2.15 bits per heavy atom. The van der Waals surface area contributed by atoms with Gasteiger partial charge in [-0.25, -0.2) is 23.1 Å². The van der Waals surface area contributed by atoms with E-state index in [1.54, 1.807) is 6.20 Å². The molecule has 0 aliphatic carbocycles. The molecule has 0 bridgehead atoms. The average molecular weight is 329 g/mol. The predicted octanol–water partition coefficient (Wildman–Crippen LogP) is 2.07. The van der Waals surface area contributed by atoms with E-state index in [-0.39, 0.29) is 4.34 Å². The Kier molecular flexibility index (Phi) is 3.05. The molecular formula is C11H9ClN4O2S2. The van der Waals surface area contributed by atoms with Crippen molar-refractivity contribution in [1.29, 1.82) is 0 Å². The molecule has 3 aromatic rings. The van der Waals surface area contributed by atoms with Crippen molar-refractivity contribution in [3.63, 3.8) is 0 Å². The first-order valence-corrected chi connectivity index (χ1v) is 8.24. The van der Waals surface area contributed by atoms with E-state index in [9.17, 15) is 8.42 Å². The zero-order chi connectivity index (χ0) is 14.5. The second-order valence-electron chi connectivity index (χ2n) is 4.23. The van der Waals surface area contributed by atoms with E-state index in [4.69, 9.17) is 16.7 Å². The van der Waals surface area contributed by atoms with Crippen LogP contribution >= 0.6 is 22.9 Å². The molecule has 104 valence electrons. The maximum atomic E-state index is 11.2. The maximum absolute atomic E-state index is 11.2. The fourth-order valence-corrected chi connectivity index (χ4v) is 3.37. The van der Waals surface area contributed by atoms with Gasteiger partial charge < -0.3 is 0 Å². The van der Waals surface area contributed by atoms with Gasteiger partial charge in [-0.15, -0.1) is 5.10 Å². The molecule has 0 aliphatic rings. The first-order chi connectivity index (χ1) is 9.34. The molecule has 2 heterocycles. The number of aromatic nitrogens is 3. The van der Waals surface area contributed by atoms with Gasteiger partial charge in [-0.1, -0.05) is 35.1 Å². The maximum Gasteiger partial charge on any atom is 0.267 e. The Hall–Kier alpha value is -1.48. The van der Waals surface area contributed by atoms with Gasteiger partial charge in [0.2, 0.25) is 9.30 Å². The summed E-state index contributed by atoms with van der Waals surface area (Å²) in [7, 11) is -3.80. The fourth-order valence-electron chi connectivity index (χ4n) is 1.69. The van der Waals surface area contributed by atoms with E-state index in [2.05, 4.69) is 10.1 Å². The summed E-state index contributed by atoms with van der Waals surface area (Å²) in [5.74, 6) is 0. The van der Waals surface area contributed by atoms with Crippen molar-refractivity contribution >= 4 is 37.9 Å². The molecule has 0 saturated carbocycles. The highest BCUT2D eigenvalue weighted by Crippen LogP contribution is 2.27. The van der Waals surface area contributed by atoms with Crippen LogP contribution < -0.4 is 5.14 Å². The average Bonchev–Trinajstić information content (AvgIpc) is 2.89. The lowest BCUT2D eigenvalue weighted by Crippen LogP contribution is -2.12. The van der Waals surface area contributed by atoms with Gasteiger partial charge in [0.05, 0.1) is 11.9 Å². The number of benzene rings is 1. The number of nitrogens with zero attached hydrogens (tertiary/aromatic N) is 3. The monoisotopic (exact) mass is 328 g/mol. The Labute approximate surface area is 123 Å². The van der Waals surface area contributed by atoms with E-state index < -0.39 is 10.0 Å². The van der Waals surface area contributed by atoms with Crippen LogP contribution in [0.3, 0.4) is 0 Å². The Bertz CT molecular complexity index is 882. The number of sulfonamides is 1. The van der Waals surface area contributed by atoms with Crippen LogP contribution in [0.5, 0.6) is 0 Å². The van der Waals surface area contributed by atoms with Gasteiger partial charge >= 0.3 is 0 Å². The Morgan fingerprint density at radius 1 is 1.40 bits per heavy atom. The summed E-state index contributed by atoms with van der Waals surface area (Å²) in [5.41, 5.74) is 2.49. The van der Waals surface area contributed by atoms with Gasteiger partial charge in [0.1, 0.15) is 0 Å². The number of rotatable bonds is 2. The Morgan fingerprint density at radius 3 is 2.75 bits per heavy atom. The second-order valence-corrected chi connectivity index (χ2v) is 7.33. The van der Waals surface area contributed by atoms with Crippen LogP contribution in [0, 0.1) is 6.92 Å². The molecule has 0 atom stereocenters. The Balaban J connectivity index is 2.10. The normalized spacial score (nSPS) is 12.2. The molecule has 3 rings (SSSR count). The number of hydrogen-bond acceptors (Lipinski definition) is 5. The predicted molar refractivity (Wildman–Crippen MR) is 77.4 cm³/mol. The van der Waals surface area contributed by atoms with Gasteiger partial charge in [-0.05, 0) is 18.6 Å². The smallest absolute Gasteiger partial charge is 0.223 e. The third-order valence-electron chi connectivity index (χ3n) is 2.74. The molecular weight excluding hydrogens is 320 g/mol. The van der Waals surface area contributed by atoms with Gasteiger partial charge in [0.15, 0.2) is 0 Å². The van der Waals surface area contributed by atoms with Gasteiger partial charge in [-0.3, -0.25) is 0 Å². The third kappa shape index (κ3) is 2.31. The van der Waals surface area contributed by atoms with Crippen molar-refractivity contribution < 1.29 is 8.42 Å². The van der Waals surface area contributed by atoms with Crippen LogP contribution in [0.1, 0.15) is 5.56 Å². The molecule has 0 unspecified atom stereocenters. The lowest BCUT2D eigenvalue weighted by atomic mass is 10.1. The zero-order valence-electron chi connectivity index (χ0n) is 10.2. The van der Waals surface area contributed by atoms with Crippen LogP contribution in [-0.2, 0) is 10.0 Å². The molecule has 1 aromatic carbocycles. The van der Waals surface area contributed by atoms with Crippen LogP contribution in [0.15, 0.2) is 28.7 Å². The van der Waals surface area contributed by atoms with Crippen LogP contribution in [0.2, 0.25) is 5.02 Å². The standard InChI is InChI=1S/C11H9ClN4O2S2/c1-6-2-3-7(4-8(6)12)9-5-16-10(14-9)19-11(15-16)20(13,17)18/h2-5H,1H3,(H2,13,17,18). The minimum atomic E-state index is -3.80. The van der Waals surface area contributed by atoms with E-state index in [0.29, 0.717) is 15.7 Å². The van der Waals surface area contributed by atoms with Crippen molar-refractivity contribution in [2.24, 2.45) is 5.14 Å². The van der Waals surface area contributed by atoms with Crippen LogP contribution in [-0.4, -0.2) is 23.0 Å². The van der Waals surface area contributed by atoms with Gasteiger partial charge in [0, 0.05) is 10.6 Å². The van der Waals surface area contributed by atoms with Crippen molar-refractivity contribution in [3.05, 3.63) is 35.0 Å². The third-order valence-corrected chi connectivity index (χ3v) is 5.38. The summed E-state index contributed by atoms with van der Waals surface area (Å²) in [6, 6.07) is 5.60. The second kappa shape index (κ2) is 4.52. The molecule has 0 spiro atoms. The summed E-state index contributed by atoms with van der Waals surface area (Å²) in [5, 5.41) is 9.57. The summed E-state index contributed by atoms with van der Waals surface area (Å²) >= 11 is 7.00. The minimum Gasteiger partial charge on any atom is -0.223 e. The SMILES string of the molecule is Cc1ccc(-c2cn3nc(S(N)(=O)=O)sc3n2)cc1Cl. The summed E-state index contributed by atoms with van der Waals surface area (Å²) in [6.07, 6.45) is 1.64. The number of halogens is 1. The van der Waals surface area contributed by atoms with Crippen molar-refractivity contribution in [1.82, 2.24) is 14.6 Å². The van der Waals surface area contributed by atoms with E-state index in [1.165, 1.54) is 4.52 Å². The summed E-state index contributed by atoms with van der Waals surface area (Å²) in [6.45, 7) is 1.91. The van der Waals surface area contributed by atoms with Crippen molar-refractivity contribution in [2.75, 3.05) is 0 Å². The molecule has 0 radical (unpaired) electrons. The molecule has 0 aliphatic heterocycles. The largest absolute Gasteiger partial charge is 0.267 e. The highest BCUT2D eigenvalue weighted by molar-refractivity contribution is 7.91. The minimum absolute atomic E-state index is 0.159. The lowest BCUT2D eigenvalue weighted by Gasteiger charge is -2.00. The number of hydrogen-bond donors (Lipinski definition) is 1. The van der Waals surface area contributed by atoms with Gasteiger partial charge in [-0.2, -0.15) is 0 Å². The molecule has 0 fully saturated rings. The molecule has 20 heavy (non-hydrogen) atoms. The number of imidazole rings is 1. The number of aryl methyl sites for hydroxylation is 1. The quantitative estimate of drug-likeness (QED) is 0.779. The van der Waals surface area contributed by atoms with Crippen molar-refractivity contribution in [3.8, 4) is 11.3 Å². The van der Waals surface area contributed by atoms with E-state index >= 15 is 0 Å². The summed E-state index contributed by atoms with van der Waals surface area (Å²) < 4.78 is 23.6. The molecule has 2 N–H and O–H groups in total. The molecule has 0 amide bonds. The van der Waals surface area contributed by atoms with E-state index in [1.807, 2.05) is 25.1 Å². The number of primary sulfonamides is 1. The van der Waals surface area contributed by atoms with Crippen molar-refractivity contribution in [2.45, 2.75) is 11.3 Å². The fraction of sp³-hybridized carbons (Fsp3) is 0.0909. The topological polar surface area (TPSA) is 90.4 Å². The first kappa shape index (κ1) is 13.5. The summed E-state index contributed by atoms with van der Waals surface area (Å²) in [4.78, 5) is 4.79. The van der Waals surface area contributed by atoms with E-state index in [0.717, 1.165) is 22.5 Å². The molecule has 2 aromatic heterocycles. The molecule has 9 heteroatoms. The number of fused-ring (bicyclic) bond motifs is 1. The molecule has 6 nitrogen and oxygen atoms in total.